The van der Waals surface area contributed by atoms with Crippen LogP contribution in [-0.2, 0) is 0 Å². The Morgan fingerprint density at radius 3 is 2.65 bits per heavy atom. The van der Waals surface area contributed by atoms with Crippen LogP contribution in [0.25, 0.3) is 20.8 Å². The van der Waals surface area contributed by atoms with E-state index in [1.165, 1.54) is 21.4 Å². The fourth-order valence-electron chi connectivity index (χ4n) is 1.96. The van der Waals surface area contributed by atoms with E-state index in [2.05, 4.69) is 56.3 Å². The number of hydrogen-bond acceptors (Lipinski definition) is 2. The van der Waals surface area contributed by atoms with Crippen LogP contribution in [0.4, 0.5) is 0 Å². The molecule has 0 amide bonds. The minimum atomic E-state index is 1.10. The van der Waals surface area contributed by atoms with Crippen LogP contribution in [0.5, 0.6) is 0 Å². The highest BCUT2D eigenvalue weighted by atomic mass is 32.1. The Balaban J connectivity index is 2.22. The molecule has 0 spiro atoms. The van der Waals surface area contributed by atoms with E-state index in [1.54, 1.807) is 11.3 Å². The molecule has 2 heteroatoms. The summed E-state index contributed by atoms with van der Waals surface area (Å²) < 4.78 is 1.27. The minimum absolute atomic E-state index is 1.10. The molecular formula is C15H13NS. The highest BCUT2D eigenvalue weighted by Crippen LogP contribution is 2.32. The third kappa shape index (κ3) is 1.85. The molecule has 0 N–H and O–H groups in total. The molecule has 17 heavy (non-hydrogen) atoms. The molecule has 0 fully saturated rings. The Morgan fingerprint density at radius 1 is 1.00 bits per heavy atom. The molecule has 0 saturated carbocycles. The second-order valence-corrected chi connectivity index (χ2v) is 5.34. The quantitative estimate of drug-likeness (QED) is 0.605. The Labute approximate surface area is 105 Å². The van der Waals surface area contributed by atoms with Crippen LogP contribution in [-0.4, -0.2) is 4.98 Å². The molecule has 0 bridgehead atoms. The van der Waals surface area contributed by atoms with Gasteiger partial charge in [0.2, 0.25) is 0 Å². The average molecular weight is 239 g/mol. The number of aromatic nitrogens is 1. The number of rotatable bonds is 1. The summed E-state index contributed by atoms with van der Waals surface area (Å²) in [5.74, 6) is 0. The van der Waals surface area contributed by atoms with E-state index < -0.39 is 0 Å². The van der Waals surface area contributed by atoms with E-state index in [0.717, 1.165) is 10.5 Å². The summed E-state index contributed by atoms with van der Waals surface area (Å²) in [4.78, 5) is 4.70. The molecule has 3 rings (SSSR count). The van der Waals surface area contributed by atoms with E-state index >= 15 is 0 Å². The van der Waals surface area contributed by atoms with Crippen molar-refractivity contribution in [3.05, 3.63) is 53.6 Å². The van der Waals surface area contributed by atoms with E-state index in [4.69, 9.17) is 4.98 Å². The van der Waals surface area contributed by atoms with Crippen molar-refractivity contribution in [2.75, 3.05) is 0 Å². The smallest absolute Gasteiger partial charge is 0.124 e. The number of benzene rings is 2. The van der Waals surface area contributed by atoms with Gasteiger partial charge >= 0.3 is 0 Å². The zero-order chi connectivity index (χ0) is 11.8. The first kappa shape index (κ1) is 10.5. The van der Waals surface area contributed by atoms with Gasteiger partial charge in [-0.15, -0.1) is 11.3 Å². The van der Waals surface area contributed by atoms with Gasteiger partial charge in [-0.05, 0) is 37.1 Å². The van der Waals surface area contributed by atoms with Gasteiger partial charge in [-0.3, -0.25) is 0 Å². The Kier molecular flexibility index (Phi) is 2.45. The van der Waals surface area contributed by atoms with Gasteiger partial charge in [0, 0.05) is 5.56 Å². The topological polar surface area (TPSA) is 12.9 Å². The zero-order valence-electron chi connectivity index (χ0n) is 9.90. The van der Waals surface area contributed by atoms with Crippen LogP contribution >= 0.6 is 11.3 Å². The standard InChI is InChI=1S/C15H13NS/c1-10-7-8-13-14(9-10)17-15(16-13)12-6-4-3-5-11(12)2/h3-9H,1-2H3. The van der Waals surface area contributed by atoms with Crippen molar-refractivity contribution in [3.63, 3.8) is 0 Å². The van der Waals surface area contributed by atoms with Crippen LogP contribution < -0.4 is 0 Å². The first-order valence-corrected chi connectivity index (χ1v) is 6.49. The summed E-state index contributed by atoms with van der Waals surface area (Å²) in [6.45, 7) is 4.25. The van der Waals surface area contributed by atoms with Gasteiger partial charge in [0.15, 0.2) is 0 Å². The summed E-state index contributed by atoms with van der Waals surface area (Å²) in [5.41, 5.74) is 4.91. The van der Waals surface area contributed by atoms with Crippen molar-refractivity contribution in [2.24, 2.45) is 0 Å². The molecule has 0 radical (unpaired) electrons. The van der Waals surface area contributed by atoms with Gasteiger partial charge in [-0.25, -0.2) is 4.98 Å². The first-order valence-electron chi connectivity index (χ1n) is 5.67. The highest BCUT2D eigenvalue weighted by Gasteiger charge is 2.07. The number of hydrogen-bond donors (Lipinski definition) is 0. The maximum Gasteiger partial charge on any atom is 0.124 e. The predicted molar refractivity (Wildman–Crippen MR) is 74.5 cm³/mol. The largest absolute Gasteiger partial charge is 0.236 e. The van der Waals surface area contributed by atoms with Gasteiger partial charge in [-0.1, -0.05) is 30.3 Å². The molecule has 0 aliphatic rings. The van der Waals surface area contributed by atoms with E-state index in [9.17, 15) is 0 Å². The normalized spacial score (nSPS) is 10.9. The molecule has 1 nitrogen and oxygen atoms in total. The van der Waals surface area contributed by atoms with Crippen LogP contribution in [0.1, 0.15) is 11.1 Å². The van der Waals surface area contributed by atoms with Gasteiger partial charge in [0.05, 0.1) is 10.2 Å². The lowest BCUT2D eigenvalue weighted by Crippen LogP contribution is -1.80. The predicted octanol–water partition coefficient (Wildman–Crippen LogP) is 4.58. The van der Waals surface area contributed by atoms with Crippen molar-refractivity contribution in [3.8, 4) is 10.6 Å². The van der Waals surface area contributed by atoms with Crippen LogP contribution in [0, 0.1) is 13.8 Å². The summed E-state index contributed by atoms with van der Waals surface area (Å²) in [6, 6.07) is 14.8. The zero-order valence-corrected chi connectivity index (χ0v) is 10.7. The Morgan fingerprint density at radius 2 is 1.82 bits per heavy atom. The van der Waals surface area contributed by atoms with Crippen LogP contribution in [0.3, 0.4) is 0 Å². The van der Waals surface area contributed by atoms with E-state index in [1.807, 2.05) is 0 Å². The lowest BCUT2D eigenvalue weighted by molar-refractivity contribution is 1.41. The van der Waals surface area contributed by atoms with Crippen molar-refractivity contribution < 1.29 is 0 Å². The molecule has 84 valence electrons. The number of aryl methyl sites for hydroxylation is 2. The van der Waals surface area contributed by atoms with Crippen molar-refractivity contribution in [1.29, 1.82) is 0 Å². The molecule has 0 unspecified atom stereocenters. The van der Waals surface area contributed by atoms with Crippen LogP contribution in [0.2, 0.25) is 0 Å². The fraction of sp³-hybridized carbons (Fsp3) is 0.133. The molecule has 0 aliphatic heterocycles. The molecule has 0 saturated heterocycles. The summed E-state index contributed by atoms with van der Waals surface area (Å²) in [6.07, 6.45) is 0. The second-order valence-electron chi connectivity index (χ2n) is 4.31. The second kappa shape index (κ2) is 3.97. The van der Waals surface area contributed by atoms with Gasteiger partial charge in [0.25, 0.3) is 0 Å². The third-order valence-corrected chi connectivity index (χ3v) is 3.97. The summed E-state index contributed by atoms with van der Waals surface area (Å²) in [5, 5.41) is 1.11. The van der Waals surface area contributed by atoms with Crippen LogP contribution in [0.15, 0.2) is 42.5 Å². The summed E-state index contributed by atoms with van der Waals surface area (Å²) in [7, 11) is 0. The Hall–Kier alpha value is -1.67. The molecule has 0 atom stereocenters. The highest BCUT2D eigenvalue weighted by molar-refractivity contribution is 7.21. The maximum absolute atomic E-state index is 4.70. The molecule has 3 aromatic rings. The molecule has 2 aromatic carbocycles. The monoisotopic (exact) mass is 239 g/mol. The third-order valence-electron chi connectivity index (χ3n) is 2.92. The average Bonchev–Trinajstić information content (AvgIpc) is 2.72. The maximum atomic E-state index is 4.70. The van der Waals surface area contributed by atoms with Crippen molar-refractivity contribution in [2.45, 2.75) is 13.8 Å². The summed E-state index contributed by atoms with van der Waals surface area (Å²) >= 11 is 1.77. The number of fused-ring (bicyclic) bond motifs is 1. The first-order chi connectivity index (χ1) is 8.24. The van der Waals surface area contributed by atoms with Gasteiger partial charge < -0.3 is 0 Å². The lowest BCUT2D eigenvalue weighted by Gasteiger charge is -1.99. The van der Waals surface area contributed by atoms with E-state index in [-0.39, 0.29) is 0 Å². The molecule has 1 aromatic heterocycles. The molecular weight excluding hydrogens is 226 g/mol. The molecule has 1 heterocycles. The molecule has 0 aliphatic carbocycles. The lowest BCUT2D eigenvalue weighted by atomic mass is 10.1. The Bertz CT molecular complexity index is 682. The van der Waals surface area contributed by atoms with Gasteiger partial charge in [-0.2, -0.15) is 0 Å². The van der Waals surface area contributed by atoms with E-state index in [0.29, 0.717) is 0 Å². The number of thiazole rings is 1. The number of nitrogens with zero attached hydrogens (tertiary/aromatic N) is 1. The van der Waals surface area contributed by atoms with Gasteiger partial charge in [0.1, 0.15) is 5.01 Å². The minimum Gasteiger partial charge on any atom is -0.236 e. The van der Waals surface area contributed by atoms with Crippen molar-refractivity contribution >= 4 is 21.6 Å². The van der Waals surface area contributed by atoms with Crippen molar-refractivity contribution in [1.82, 2.24) is 4.98 Å². The SMILES string of the molecule is Cc1ccc2nc(-c3ccccc3C)sc2c1. The fourth-order valence-corrected chi connectivity index (χ4v) is 3.11.